The molecule has 9 heteroatoms. The van der Waals surface area contributed by atoms with Crippen LogP contribution in [0.3, 0.4) is 0 Å². The Bertz CT molecular complexity index is 1270. The SMILES string of the molecule is CSc1cccc(NC(=O)CSc2nnc3ccc(C(=O)Nc4ccc(C)cc4)cn23)c1. The highest BCUT2D eigenvalue weighted by Gasteiger charge is 2.13. The van der Waals surface area contributed by atoms with Crippen LogP contribution in [0.15, 0.2) is 76.9 Å². The number of carbonyl (C=O) groups is 2. The summed E-state index contributed by atoms with van der Waals surface area (Å²) in [6.07, 6.45) is 3.67. The fourth-order valence-electron chi connectivity index (χ4n) is 2.97. The number of hydrogen-bond acceptors (Lipinski definition) is 6. The topological polar surface area (TPSA) is 88.4 Å². The predicted octanol–water partition coefficient (Wildman–Crippen LogP) is 4.74. The minimum absolute atomic E-state index is 0.140. The molecule has 0 aliphatic rings. The minimum atomic E-state index is -0.230. The van der Waals surface area contributed by atoms with Crippen LogP contribution in [0.2, 0.25) is 0 Å². The molecule has 0 unspecified atom stereocenters. The van der Waals surface area contributed by atoms with Crippen molar-refractivity contribution in [1.82, 2.24) is 14.6 Å². The van der Waals surface area contributed by atoms with Crippen LogP contribution in [0.5, 0.6) is 0 Å². The number of aryl methyl sites for hydroxylation is 1. The van der Waals surface area contributed by atoms with Crippen molar-refractivity contribution in [1.29, 1.82) is 0 Å². The first-order valence-electron chi connectivity index (χ1n) is 9.81. The molecule has 0 radical (unpaired) electrons. The zero-order valence-corrected chi connectivity index (χ0v) is 19.2. The number of anilines is 2. The van der Waals surface area contributed by atoms with Crippen LogP contribution < -0.4 is 10.6 Å². The number of nitrogens with zero attached hydrogens (tertiary/aromatic N) is 3. The summed E-state index contributed by atoms with van der Waals surface area (Å²) in [5.74, 6) is -0.200. The summed E-state index contributed by atoms with van der Waals surface area (Å²) in [5.41, 5.74) is 3.67. The number of pyridine rings is 1. The van der Waals surface area contributed by atoms with Gasteiger partial charge in [-0.15, -0.1) is 22.0 Å². The summed E-state index contributed by atoms with van der Waals surface area (Å²) in [5, 5.41) is 14.6. The maximum Gasteiger partial charge on any atom is 0.257 e. The van der Waals surface area contributed by atoms with E-state index in [-0.39, 0.29) is 17.6 Å². The molecule has 2 heterocycles. The molecule has 162 valence electrons. The first-order chi connectivity index (χ1) is 15.5. The van der Waals surface area contributed by atoms with Crippen molar-refractivity contribution < 1.29 is 9.59 Å². The molecule has 0 spiro atoms. The van der Waals surface area contributed by atoms with Gasteiger partial charge in [0.15, 0.2) is 10.8 Å². The van der Waals surface area contributed by atoms with Gasteiger partial charge in [0.1, 0.15) is 0 Å². The third-order valence-corrected chi connectivity index (χ3v) is 6.30. The molecule has 0 bridgehead atoms. The molecular formula is C23H21N5O2S2. The third-order valence-electron chi connectivity index (χ3n) is 4.63. The molecule has 0 aliphatic carbocycles. The molecule has 0 atom stereocenters. The largest absolute Gasteiger partial charge is 0.325 e. The lowest BCUT2D eigenvalue weighted by molar-refractivity contribution is -0.113. The number of aromatic nitrogens is 3. The number of amides is 2. The molecule has 4 aromatic rings. The van der Waals surface area contributed by atoms with Crippen molar-refractivity contribution in [2.24, 2.45) is 0 Å². The molecule has 4 rings (SSSR count). The Hall–Kier alpha value is -3.30. The average molecular weight is 464 g/mol. The van der Waals surface area contributed by atoms with Crippen LogP contribution in [0.4, 0.5) is 11.4 Å². The third kappa shape index (κ3) is 5.30. The van der Waals surface area contributed by atoms with Crippen molar-refractivity contribution in [3.05, 3.63) is 78.0 Å². The molecular weight excluding hydrogens is 442 g/mol. The second-order valence-electron chi connectivity index (χ2n) is 7.02. The molecule has 2 aromatic heterocycles. The lowest BCUT2D eigenvalue weighted by Crippen LogP contribution is -2.14. The van der Waals surface area contributed by atoms with Crippen molar-refractivity contribution in [2.75, 3.05) is 22.6 Å². The van der Waals surface area contributed by atoms with E-state index in [0.717, 1.165) is 21.8 Å². The Morgan fingerprint density at radius 3 is 2.56 bits per heavy atom. The molecule has 0 aliphatic heterocycles. The fourth-order valence-corrected chi connectivity index (χ4v) is 4.15. The highest BCUT2D eigenvalue weighted by molar-refractivity contribution is 7.99. The number of carbonyl (C=O) groups excluding carboxylic acids is 2. The molecule has 0 saturated heterocycles. The monoisotopic (exact) mass is 463 g/mol. The van der Waals surface area contributed by atoms with Gasteiger partial charge < -0.3 is 10.6 Å². The van der Waals surface area contributed by atoms with Crippen LogP contribution >= 0.6 is 23.5 Å². The van der Waals surface area contributed by atoms with E-state index in [1.54, 1.807) is 34.5 Å². The summed E-state index contributed by atoms with van der Waals surface area (Å²) in [6, 6.07) is 18.7. The quantitative estimate of drug-likeness (QED) is 0.385. The number of thioether (sulfide) groups is 2. The van der Waals surface area contributed by atoms with E-state index in [1.165, 1.54) is 11.8 Å². The van der Waals surface area contributed by atoms with Crippen molar-refractivity contribution >= 4 is 52.4 Å². The second kappa shape index (κ2) is 9.88. The van der Waals surface area contributed by atoms with Gasteiger partial charge >= 0.3 is 0 Å². The van der Waals surface area contributed by atoms with E-state index < -0.39 is 0 Å². The highest BCUT2D eigenvalue weighted by atomic mass is 32.2. The fraction of sp³-hybridized carbons (Fsp3) is 0.130. The number of benzene rings is 2. The standard InChI is InChI=1S/C23H21N5O2S2/c1-15-6-9-17(10-7-15)25-22(30)16-8-11-20-26-27-23(28(20)13-16)32-14-21(29)24-18-4-3-5-19(12-18)31-2/h3-13H,14H2,1-2H3,(H,24,29)(H,25,30). The Labute approximate surface area is 194 Å². The second-order valence-corrected chi connectivity index (χ2v) is 8.84. The van der Waals surface area contributed by atoms with E-state index in [0.29, 0.717) is 16.4 Å². The van der Waals surface area contributed by atoms with E-state index in [1.807, 2.05) is 61.7 Å². The summed E-state index contributed by atoms with van der Waals surface area (Å²) < 4.78 is 1.72. The van der Waals surface area contributed by atoms with Gasteiger partial charge in [0, 0.05) is 22.5 Å². The van der Waals surface area contributed by atoms with Crippen LogP contribution in [0.25, 0.3) is 5.65 Å². The Morgan fingerprint density at radius 1 is 0.969 bits per heavy atom. The van der Waals surface area contributed by atoms with Gasteiger partial charge in [-0.05, 0) is 55.6 Å². The maximum atomic E-state index is 12.7. The zero-order valence-electron chi connectivity index (χ0n) is 17.5. The average Bonchev–Trinajstić information content (AvgIpc) is 3.21. The summed E-state index contributed by atoms with van der Waals surface area (Å²) in [4.78, 5) is 26.1. The normalized spacial score (nSPS) is 10.8. The molecule has 0 fully saturated rings. The van der Waals surface area contributed by atoms with Gasteiger partial charge in [0.2, 0.25) is 5.91 Å². The van der Waals surface area contributed by atoms with E-state index >= 15 is 0 Å². The first-order valence-corrected chi connectivity index (χ1v) is 12.0. The zero-order chi connectivity index (χ0) is 22.5. The van der Waals surface area contributed by atoms with Crippen LogP contribution in [0.1, 0.15) is 15.9 Å². The summed E-state index contributed by atoms with van der Waals surface area (Å²) in [7, 11) is 0. The molecule has 2 amide bonds. The van der Waals surface area contributed by atoms with Gasteiger partial charge in [-0.3, -0.25) is 14.0 Å². The number of rotatable bonds is 7. The Morgan fingerprint density at radius 2 is 1.78 bits per heavy atom. The molecule has 2 aromatic carbocycles. The maximum absolute atomic E-state index is 12.7. The van der Waals surface area contributed by atoms with Crippen LogP contribution in [-0.2, 0) is 4.79 Å². The van der Waals surface area contributed by atoms with Gasteiger partial charge in [0.05, 0.1) is 11.3 Å². The van der Waals surface area contributed by atoms with Crippen LogP contribution in [0, 0.1) is 6.92 Å². The molecule has 0 saturated carbocycles. The predicted molar refractivity (Wildman–Crippen MR) is 130 cm³/mol. The van der Waals surface area contributed by atoms with E-state index in [4.69, 9.17) is 0 Å². The summed E-state index contributed by atoms with van der Waals surface area (Å²) >= 11 is 2.88. The van der Waals surface area contributed by atoms with Gasteiger partial charge in [-0.2, -0.15) is 0 Å². The van der Waals surface area contributed by atoms with Gasteiger partial charge in [-0.1, -0.05) is 35.5 Å². The lowest BCUT2D eigenvalue weighted by atomic mass is 10.2. The number of nitrogens with one attached hydrogen (secondary N) is 2. The van der Waals surface area contributed by atoms with Gasteiger partial charge in [-0.25, -0.2) is 0 Å². The minimum Gasteiger partial charge on any atom is -0.325 e. The van der Waals surface area contributed by atoms with Crippen molar-refractivity contribution in [3.63, 3.8) is 0 Å². The highest BCUT2D eigenvalue weighted by Crippen LogP contribution is 2.21. The van der Waals surface area contributed by atoms with Crippen molar-refractivity contribution in [3.8, 4) is 0 Å². The van der Waals surface area contributed by atoms with Crippen molar-refractivity contribution in [2.45, 2.75) is 17.0 Å². The molecule has 2 N–H and O–H groups in total. The number of fused-ring (bicyclic) bond motifs is 1. The van der Waals surface area contributed by atoms with E-state index in [2.05, 4.69) is 20.8 Å². The smallest absolute Gasteiger partial charge is 0.257 e. The number of hydrogen-bond donors (Lipinski definition) is 2. The Kier molecular flexibility index (Phi) is 6.77. The van der Waals surface area contributed by atoms with Gasteiger partial charge in [0.25, 0.3) is 5.91 Å². The Balaban J connectivity index is 1.43. The van der Waals surface area contributed by atoms with Crippen LogP contribution in [-0.4, -0.2) is 38.4 Å². The van der Waals surface area contributed by atoms with E-state index in [9.17, 15) is 9.59 Å². The summed E-state index contributed by atoms with van der Waals surface area (Å²) in [6.45, 7) is 1.99. The molecule has 32 heavy (non-hydrogen) atoms. The molecule has 7 nitrogen and oxygen atoms in total. The lowest BCUT2D eigenvalue weighted by Gasteiger charge is -2.07. The first kappa shape index (κ1) is 21.9.